The lowest BCUT2D eigenvalue weighted by Crippen LogP contribution is -2.42. The average molecular weight is 570 g/mol. The van der Waals surface area contributed by atoms with E-state index in [0.29, 0.717) is 40.6 Å². The number of allylic oxidation sites excluding steroid dienone is 3. The van der Waals surface area contributed by atoms with Gasteiger partial charge in [-0.3, -0.25) is 9.69 Å². The first-order valence-corrected chi connectivity index (χ1v) is 14.0. The molecule has 1 aliphatic carbocycles. The first-order chi connectivity index (χ1) is 19.4. The third-order valence-corrected chi connectivity index (χ3v) is 8.27. The highest BCUT2D eigenvalue weighted by Crippen LogP contribution is 2.51. The Bertz CT molecular complexity index is 1660. The molecule has 210 valence electrons. The second-order valence-corrected chi connectivity index (χ2v) is 12.2. The van der Waals surface area contributed by atoms with E-state index in [2.05, 4.69) is 26.0 Å². The number of nitrogens with zero attached hydrogens (tertiary/aromatic N) is 2. The highest BCUT2D eigenvalue weighted by Gasteiger charge is 2.45. The molecule has 0 amide bonds. The minimum absolute atomic E-state index is 0.00951. The lowest BCUT2D eigenvalue weighted by atomic mass is 9.68. The molecule has 2 N–H and O–H groups in total. The molecule has 0 saturated heterocycles. The zero-order valence-corrected chi connectivity index (χ0v) is 24.7. The molecule has 3 aromatic rings. The van der Waals surface area contributed by atoms with Crippen LogP contribution in [0, 0.1) is 43.3 Å². The van der Waals surface area contributed by atoms with Crippen molar-refractivity contribution >= 4 is 23.1 Å². The fraction of sp³-hybridized carbons (Fsp3) is 0.294. The van der Waals surface area contributed by atoms with Gasteiger partial charge in [0.2, 0.25) is 0 Å². The first kappa shape index (κ1) is 28.4. The Balaban J connectivity index is 1.68. The van der Waals surface area contributed by atoms with Crippen LogP contribution < -0.4 is 15.4 Å². The number of halogens is 2. The van der Waals surface area contributed by atoms with Gasteiger partial charge < -0.3 is 10.5 Å². The van der Waals surface area contributed by atoms with Gasteiger partial charge >= 0.3 is 0 Å². The summed E-state index contributed by atoms with van der Waals surface area (Å²) >= 11 is 6.41. The van der Waals surface area contributed by atoms with Crippen LogP contribution in [0.5, 0.6) is 5.75 Å². The summed E-state index contributed by atoms with van der Waals surface area (Å²) in [7, 11) is 0. The smallest absolute Gasteiger partial charge is 0.162 e. The van der Waals surface area contributed by atoms with Gasteiger partial charge in [0.25, 0.3) is 0 Å². The Labute approximate surface area is 245 Å². The molecule has 1 unspecified atom stereocenters. The third kappa shape index (κ3) is 5.35. The Kier molecular flexibility index (Phi) is 7.44. The van der Waals surface area contributed by atoms with Gasteiger partial charge in [-0.1, -0.05) is 43.6 Å². The van der Waals surface area contributed by atoms with Gasteiger partial charge in [0, 0.05) is 22.7 Å². The number of ketones is 1. The number of hydrogen-bond acceptors (Lipinski definition) is 5. The van der Waals surface area contributed by atoms with Crippen LogP contribution in [0.15, 0.2) is 77.3 Å². The number of ether oxygens (including phenoxy) is 1. The molecule has 0 fully saturated rings. The molecule has 1 aliphatic heterocycles. The summed E-state index contributed by atoms with van der Waals surface area (Å²) in [6.45, 7) is 10.4. The summed E-state index contributed by atoms with van der Waals surface area (Å²) < 4.78 is 19.3. The number of anilines is 1. The largest absolute Gasteiger partial charge is 0.489 e. The van der Waals surface area contributed by atoms with Crippen molar-refractivity contribution in [2.75, 3.05) is 4.90 Å². The SMILES string of the molecule is Cc1cc(C)c(C2C(C#N)=C(N)N(c3cc(Cl)ccc3C)C3=C2C(=O)CC(C)(C)C3)cc1COc1ccc(F)cc1. The van der Waals surface area contributed by atoms with Crippen LogP contribution in [0.2, 0.25) is 5.02 Å². The molecule has 1 atom stereocenters. The van der Waals surface area contributed by atoms with Gasteiger partial charge in [-0.15, -0.1) is 0 Å². The highest BCUT2D eigenvalue weighted by atomic mass is 35.5. The van der Waals surface area contributed by atoms with E-state index in [1.54, 1.807) is 12.1 Å². The van der Waals surface area contributed by atoms with E-state index in [4.69, 9.17) is 22.1 Å². The fourth-order valence-electron chi connectivity index (χ4n) is 5.99. The van der Waals surface area contributed by atoms with Crippen molar-refractivity contribution in [3.05, 3.63) is 116 Å². The summed E-state index contributed by atoms with van der Waals surface area (Å²) in [6, 6.07) is 17.9. The molecule has 1 heterocycles. The topological polar surface area (TPSA) is 79.4 Å². The fourth-order valence-corrected chi connectivity index (χ4v) is 6.16. The summed E-state index contributed by atoms with van der Waals surface area (Å²) in [6.07, 6.45) is 0.982. The molecule has 5 rings (SSSR count). The number of hydrogen-bond donors (Lipinski definition) is 1. The molecule has 0 radical (unpaired) electrons. The van der Waals surface area contributed by atoms with E-state index in [9.17, 15) is 14.4 Å². The summed E-state index contributed by atoms with van der Waals surface area (Å²) in [5.74, 6) is -0.0797. The Morgan fingerprint density at radius 3 is 2.44 bits per heavy atom. The van der Waals surface area contributed by atoms with Crippen molar-refractivity contribution in [2.24, 2.45) is 11.1 Å². The second kappa shape index (κ2) is 10.7. The number of carbonyl (C=O) groups is 1. The summed E-state index contributed by atoms with van der Waals surface area (Å²) in [5, 5.41) is 11.1. The molecule has 0 saturated carbocycles. The molecule has 0 bridgehead atoms. The van der Waals surface area contributed by atoms with Gasteiger partial charge in [0.15, 0.2) is 5.78 Å². The van der Waals surface area contributed by atoms with Crippen LogP contribution in [-0.2, 0) is 11.4 Å². The Hall–Kier alpha value is -4.08. The molecular weight excluding hydrogens is 537 g/mol. The maximum atomic E-state index is 14.0. The summed E-state index contributed by atoms with van der Waals surface area (Å²) in [5.41, 5.74) is 13.7. The maximum Gasteiger partial charge on any atom is 0.162 e. The summed E-state index contributed by atoms with van der Waals surface area (Å²) in [4.78, 5) is 15.9. The van der Waals surface area contributed by atoms with E-state index in [1.165, 1.54) is 12.1 Å². The van der Waals surface area contributed by atoms with Crippen molar-refractivity contribution in [2.45, 2.75) is 60.0 Å². The van der Waals surface area contributed by atoms with Crippen LogP contribution in [0.3, 0.4) is 0 Å². The lowest BCUT2D eigenvalue weighted by Gasteiger charge is -2.44. The maximum absolute atomic E-state index is 14.0. The normalized spacial score (nSPS) is 18.3. The van der Waals surface area contributed by atoms with Gasteiger partial charge in [-0.05, 0) is 96.8 Å². The molecule has 7 heteroatoms. The standard InChI is InChI=1S/C34H33ClFN3O2/c1-19-6-7-23(35)14-28(19)39-29-15-34(4,5)16-30(40)32(29)31(27(17-37)33(39)38)26-13-22(20(2)12-21(26)3)18-41-25-10-8-24(36)9-11-25/h6-14,31H,15-16,18,38H2,1-5H3. The zero-order valence-electron chi connectivity index (χ0n) is 23.9. The number of rotatable bonds is 5. The van der Waals surface area contributed by atoms with Crippen LogP contribution in [0.4, 0.5) is 10.1 Å². The minimum Gasteiger partial charge on any atom is -0.489 e. The number of nitrogens with two attached hydrogens (primary N) is 1. The zero-order chi connectivity index (χ0) is 29.6. The first-order valence-electron chi connectivity index (χ1n) is 13.6. The quantitative estimate of drug-likeness (QED) is 0.337. The predicted molar refractivity (Wildman–Crippen MR) is 160 cm³/mol. The third-order valence-electron chi connectivity index (χ3n) is 8.04. The van der Waals surface area contributed by atoms with Crippen LogP contribution in [-0.4, -0.2) is 5.78 Å². The second-order valence-electron chi connectivity index (χ2n) is 11.8. The molecule has 0 spiro atoms. The van der Waals surface area contributed by atoms with Crippen molar-refractivity contribution in [1.29, 1.82) is 5.26 Å². The lowest BCUT2D eigenvalue weighted by molar-refractivity contribution is -0.118. The van der Waals surface area contributed by atoms with E-state index in [-0.39, 0.29) is 23.6 Å². The van der Waals surface area contributed by atoms with E-state index < -0.39 is 5.92 Å². The number of nitriles is 1. The van der Waals surface area contributed by atoms with Crippen LogP contribution in [0.25, 0.3) is 0 Å². The van der Waals surface area contributed by atoms with E-state index >= 15 is 0 Å². The Morgan fingerprint density at radius 1 is 1.05 bits per heavy atom. The Morgan fingerprint density at radius 2 is 1.76 bits per heavy atom. The average Bonchev–Trinajstić information content (AvgIpc) is 2.90. The number of Topliss-reactive ketones (excluding diaryl/α,β-unsaturated/α-hetero) is 1. The van der Waals surface area contributed by atoms with E-state index in [1.807, 2.05) is 49.9 Å². The molecule has 2 aliphatic rings. The molecule has 0 aromatic heterocycles. The molecule has 5 nitrogen and oxygen atoms in total. The highest BCUT2D eigenvalue weighted by molar-refractivity contribution is 6.30. The van der Waals surface area contributed by atoms with Crippen LogP contribution in [0.1, 0.15) is 60.4 Å². The number of carbonyl (C=O) groups excluding carboxylic acids is 1. The predicted octanol–water partition coefficient (Wildman–Crippen LogP) is 7.92. The van der Waals surface area contributed by atoms with Gasteiger partial charge in [0.1, 0.15) is 24.0 Å². The minimum atomic E-state index is -0.612. The molecule has 41 heavy (non-hydrogen) atoms. The van der Waals surface area contributed by atoms with Crippen molar-refractivity contribution < 1.29 is 13.9 Å². The monoisotopic (exact) mass is 569 g/mol. The van der Waals surface area contributed by atoms with E-state index in [0.717, 1.165) is 39.2 Å². The number of aryl methyl sites for hydroxylation is 3. The van der Waals surface area contributed by atoms with Gasteiger partial charge in [-0.2, -0.15) is 5.26 Å². The molecular formula is C34H33ClFN3O2. The van der Waals surface area contributed by atoms with Crippen molar-refractivity contribution in [3.8, 4) is 11.8 Å². The van der Waals surface area contributed by atoms with Crippen molar-refractivity contribution in [1.82, 2.24) is 0 Å². The van der Waals surface area contributed by atoms with Gasteiger partial charge in [-0.25, -0.2) is 4.39 Å². The van der Waals surface area contributed by atoms with Crippen LogP contribution >= 0.6 is 11.6 Å². The van der Waals surface area contributed by atoms with Gasteiger partial charge in [0.05, 0.1) is 23.2 Å². The number of benzene rings is 3. The van der Waals surface area contributed by atoms with Crippen molar-refractivity contribution in [3.63, 3.8) is 0 Å². The molecule has 3 aromatic carbocycles.